The molecule has 2 aliphatic rings. The van der Waals surface area contributed by atoms with Gasteiger partial charge >= 0.3 is 0 Å². The number of hydrogen-bond donors (Lipinski definition) is 1. The molecule has 3 atom stereocenters. The summed E-state index contributed by atoms with van der Waals surface area (Å²) in [4.78, 5) is 0. The Labute approximate surface area is 115 Å². The van der Waals surface area contributed by atoms with Gasteiger partial charge in [-0.1, -0.05) is 32.3 Å². The van der Waals surface area contributed by atoms with Crippen molar-refractivity contribution in [3.8, 4) is 11.5 Å². The third kappa shape index (κ3) is 2.44. The van der Waals surface area contributed by atoms with Gasteiger partial charge in [-0.2, -0.15) is 0 Å². The second-order valence-electron chi connectivity index (χ2n) is 5.88. The Morgan fingerprint density at radius 3 is 2.79 bits per heavy atom. The summed E-state index contributed by atoms with van der Waals surface area (Å²) < 4.78 is 10.9. The zero-order valence-electron chi connectivity index (χ0n) is 11.6. The standard InChI is InChI=1S/C16H23NO2/c1-11-4-2-3-5-13(11)14(9-17)12-6-7-15-16(8-12)19-10-18-15/h6-8,11,13-14H,2-5,9-10,17H2,1H3. The van der Waals surface area contributed by atoms with Crippen LogP contribution in [0.3, 0.4) is 0 Å². The van der Waals surface area contributed by atoms with Crippen LogP contribution in [-0.2, 0) is 0 Å². The van der Waals surface area contributed by atoms with E-state index in [1.165, 1.54) is 31.2 Å². The molecular formula is C16H23NO2. The van der Waals surface area contributed by atoms with Crippen LogP contribution < -0.4 is 15.2 Å². The Kier molecular flexibility index (Phi) is 3.65. The summed E-state index contributed by atoms with van der Waals surface area (Å²) in [5.74, 6) is 3.66. The molecule has 0 aromatic heterocycles. The van der Waals surface area contributed by atoms with Gasteiger partial charge in [0.1, 0.15) is 0 Å². The van der Waals surface area contributed by atoms with Crippen molar-refractivity contribution in [1.82, 2.24) is 0 Å². The Hall–Kier alpha value is -1.22. The quantitative estimate of drug-likeness (QED) is 0.908. The molecule has 3 nitrogen and oxygen atoms in total. The highest BCUT2D eigenvalue weighted by Gasteiger charge is 2.30. The molecule has 2 N–H and O–H groups in total. The normalized spacial score (nSPS) is 27.3. The van der Waals surface area contributed by atoms with Gasteiger partial charge in [0.15, 0.2) is 11.5 Å². The minimum Gasteiger partial charge on any atom is -0.454 e. The van der Waals surface area contributed by atoms with Crippen molar-refractivity contribution in [2.24, 2.45) is 17.6 Å². The topological polar surface area (TPSA) is 44.5 Å². The summed E-state index contributed by atoms with van der Waals surface area (Å²) in [6, 6.07) is 6.31. The highest BCUT2D eigenvalue weighted by atomic mass is 16.7. The first-order valence-corrected chi connectivity index (χ1v) is 7.39. The van der Waals surface area contributed by atoms with Crippen molar-refractivity contribution >= 4 is 0 Å². The predicted octanol–water partition coefficient (Wildman–Crippen LogP) is 3.28. The summed E-state index contributed by atoms with van der Waals surface area (Å²) in [7, 11) is 0. The molecule has 19 heavy (non-hydrogen) atoms. The zero-order valence-corrected chi connectivity index (χ0v) is 11.6. The molecule has 3 heteroatoms. The molecule has 1 fully saturated rings. The number of hydrogen-bond acceptors (Lipinski definition) is 3. The van der Waals surface area contributed by atoms with Gasteiger partial charge < -0.3 is 15.2 Å². The van der Waals surface area contributed by atoms with E-state index in [0.29, 0.717) is 25.2 Å². The summed E-state index contributed by atoms with van der Waals surface area (Å²) in [5, 5.41) is 0. The summed E-state index contributed by atoms with van der Waals surface area (Å²) >= 11 is 0. The fourth-order valence-corrected chi connectivity index (χ4v) is 3.64. The lowest BCUT2D eigenvalue weighted by atomic mass is 9.71. The maximum absolute atomic E-state index is 6.07. The zero-order chi connectivity index (χ0) is 13.2. The highest BCUT2D eigenvalue weighted by Crippen LogP contribution is 2.42. The molecular weight excluding hydrogens is 238 g/mol. The van der Waals surface area contributed by atoms with Gasteiger partial charge in [-0.25, -0.2) is 0 Å². The lowest BCUT2D eigenvalue weighted by Crippen LogP contribution is -2.28. The number of benzene rings is 1. The second-order valence-corrected chi connectivity index (χ2v) is 5.88. The smallest absolute Gasteiger partial charge is 0.231 e. The van der Waals surface area contributed by atoms with Crippen molar-refractivity contribution in [2.45, 2.75) is 38.5 Å². The largest absolute Gasteiger partial charge is 0.454 e. The van der Waals surface area contributed by atoms with Crippen LogP contribution in [0.1, 0.15) is 44.1 Å². The van der Waals surface area contributed by atoms with E-state index in [-0.39, 0.29) is 0 Å². The van der Waals surface area contributed by atoms with E-state index in [4.69, 9.17) is 15.2 Å². The van der Waals surface area contributed by atoms with Crippen LogP contribution in [0.5, 0.6) is 11.5 Å². The highest BCUT2D eigenvalue weighted by molar-refractivity contribution is 5.45. The Bertz CT molecular complexity index is 446. The van der Waals surface area contributed by atoms with Crippen LogP contribution in [-0.4, -0.2) is 13.3 Å². The van der Waals surface area contributed by atoms with Gasteiger partial charge in [-0.05, 0) is 48.4 Å². The predicted molar refractivity (Wildman–Crippen MR) is 75.5 cm³/mol. The van der Waals surface area contributed by atoms with Crippen LogP contribution in [0.4, 0.5) is 0 Å². The van der Waals surface area contributed by atoms with Crippen LogP contribution in [0, 0.1) is 11.8 Å². The van der Waals surface area contributed by atoms with E-state index < -0.39 is 0 Å². The molecule has 1 aromatic carbocycles. The first kappa shape index (κ1) is 12.8. The van der Waals surface area contributed by atoms with Crippen LogP contribution >= 0.6 is 0 Å². The van der Waals surface area contributed by atoms with Crippen molar-refractivity contribution in [2.75, 3.05) is 13.3 Å². The number of ether oxygens (including phenoxy) is 2. The number of rotatable bonds is 3. The Balaban J connectivity index is 1.85. The molecule has 0 bridgehead atoms. The molecule has 0 saturated heterocycles. The van der Waals surface area contributed by atoms with E-state index in [1.807, 2.05) is 6.07 Å². The minimum atomic E-state index is 0.339. The number of nitrogens with two attached hydrogens (primary N) is 1. The van der Waals surface area contributed by atoms with Crippen LogP contribution in [0.2, 0.25) is 0 Å². The van der Waals surface area contributed by atoms with Crippen molar-refractivity contribution in [3.05, 3.63) is 23.8 Å². The molecule has 0 amide bonds. The molecule has 1 aromatic rings. The minimum absolute atomic E-state index is 0.339. The summed E-state index contributed by atoms with van der Waals surface area (Å²) in [6.45, 7) is 3.43. The van der Waals surface area contributed by atoms with E-state index >= 15 is 0 Å². The van der Waals surface area contributed by atoms with Crippen molar-refractivity contribution in [3.63, 3.8) is 0 Å². The second kappa shape index (κ2) is 5.41. The third-order valence-corrected chi connectivity index (χ3v) is 4.77. The fraction of sp³-hybridized carbons (Fsp3) is 0.625. The molecule has 0 spiro atoms. The van der Waals surface area contributed by atoms with Gasteiger partial charge in [0.05, 0.1) is 0 Å². The Morgan fingerprint density at radius 1 is 1.21 bits per heavy atom. The van der Waals surface area contributed by atoms with Crippen LogP contribution in [0.15, 0.2) is 18.2 Å². The summed E-state index contributed by atoms with van der Waals surface area (Å²) in [5.41, 5.74) is 7.38. The molecule has 3 unspecified atom stereocenters. The van der Waals surface area contributed by atoms with Gasteiger partial charge in [-0.15, -0.1) is 0 Å². The van der Waals surface area contributed by atoms with Crippen molar-refractivity contribution in [1.29, 1.82) is 0 Å². The Morgan fingerprint density at radius 2 is 2.00 bits per heavy atom. The van der Waals surface area contributed by atoms with Gasteiger partial charge in [0.25, 0.3) is 0 Å². The SMILES string of the molecule is CC1CCCCC1C(CN)c1ccc2c(c1)OCO2. The van der Waals surface area contributed by atoms with Gasteiger partial charge in [-0.3, -0.25) is 0 Å². The van der Waals surface area contributed by atoms with E-state index in [9.17, 15) is 0 Å². The lowest BCUT2D eigenvalue weighted by Gasteiger charge is -2.35. The lowest BCUT2D eigenvalue weighted by molar-refractivity contribution is 0.173. The van der Waals surface area contributed by atoms with Gasteiger partial charge in [0.2, 0.25) is 6.79 Å². The molecule has 1 saturated carbocycles. The third-order valence-electron chi connectivity index (χ3n) is 4.77. The summed E-state index contributed by atoms with van der Waals surface area (Å²) in [6.07, 6.45) is 5.36. The van der Waals surface area contributed by atoms with Crippen LogP contribution in [0.25, 0.3) is 0 Å². The fourth-order valence-electron chi connectivity index (χ4n) is 3.64. The molecule has 1 aliphatic carbocycles. The van der Waals surface area contributed by atoms with Gasteiger partial charge in [0, 0.05) is 0 Å². The van der Waals surface area contributed by atoms with E-state index in [2.05, 4.69) is 19.1 Å². The monoisotopic (exact) mass is 261 g/mol. The number of fused-ring (bicyclic) bond motifs is 1. The maximum atomic E-state index is 6.07. The average molecular weight is 261 g/mol. The molecule has 104 valence electrons. The first-order valence-electron chi connectivity index (χ1n) is 7.39. The van der Waals surface area contributed by atoms with E-state index in [1.54, 1.807) is 0 Å². The molecule has 3 rings (SSSR count). The molecule has 0 radical (unpaired) electrons. The maximum Gasteiger partial charge on any atom is 0.231 e. The average Bonchev–Trinajstić information content (AvgIpc) is 2.89. The first-order chi connectivity index (χ1) is 9.29. The van der Waals surface area contributed by atoms with E-state index in [0.717, 1.165) is 17.4 Å². The van der Waals surface area contributed by atoms with Crippen molar-refractivity contribution < 1.29 is 9.47 Å². The molecule has 1 aliphatic heterocycles. The molecule has 1 heterocycles.